The lowest BCUT2D eigenvalue weighted by Crippen LogP contribution is -2.23. The highest BCUT2D eigenvalue weighted by atomic mass is 16.4. The van der Waals surface area contributed by atoms with Crippen LogP contribution in [0.5, 0.6) is 0 Å². The van der Waals surface area contributed by atoms with E-state index in [2.05, 4.69) is 22.5 Å². The zero-order valence-electron chi connectivity index (χ0n) is 10.8. The molecule has 0 aliphatic rings. The summed E-state index contributed by atoms with van der Waals surface area (Å²) in [6, 6.07) is 6.91. The number of amides is 2. The smallest absolute Gasteiger partial charge is 0.404 e. The number of aliphatic hydroxyl groups excluding tert-OH is 1. The van der Waals surface area contributed by atoms with Crippen LogP contribution in [0.25, 0.3) is 0 Å². The van der Waals surface area contributed by atoms with E-state index in [1.807, 2.05) is 0 Å². The first kappa shape index (κ1) is 15.5. The minimum absolute atomic E-state index is 0.175. The summed E-state index contributed by atoms with van der Waals surface area (Å²) < 4.78 is 0. The second-order valence-corrected chi connectivity index (χ2v) is 3.92. The van der Waals surface area contributed by atoms with E-state index >= 15 is 0 Å². The number of hydrogen-bond donors (Lipinski definition) is 4. The number of carboxylic acid groups (broad SMARTS) is 1. The number of nitrogens with one attached hydrogen (secondary N) is 2. The van der Waals surface area contributed by atoms with Crippen LogP contribution in [0.3, 0.4) is 0 Å². The van der Waals surface area contributed by atoms with Crippen LogP contribution in [0, 0.1) is 11.8 Å². The topological polar surface area (TPSA) is 98.7 Å². The molecule has 1 rings (SSSR count). The molecule has 0 unspecified atom stereocenters. The summed E-state index contributed by atoms with van der Waals surface area (Å²) in [5, 5.41) is 21.8. The summed E-state index contributed by atoms with van der Waals surface area (Å²) in [6.07, 6.45) is -0.408. The molecule has 0 aromatic heterocycles. The third-order valence-corrected chi connectivity index (χ3v) is 2.34. The number of carbonyl (C=O) groups excluding carboxylic acids is 1. The predicted octanol–water partition coefficient (Wildman–Crippen LogP) is 1.02. The molecule has 1 aromatic rings. The molecular weight excluding hydrogens is 260 g/mol. The molecule has 0 aliphatic carbocycles. The first-order valence-corrected chi connectivity index (χ1v) is 6.08. The van der Waals surface area contributed by atoms with Crippen LogP contribution in [0.1, 0.15) is 18.4 Å². The Bertz CT molecular complexity index is 514. The summed E-state index contributed by atoms with van der Waals surface area (Å²) in [4.78, 5) is 21.8. The molecule has 0 aliphatic heterocycles. The molecule has 0 fully saturated rings. The maximum atomic E-state index is 11.6. The molecular formula is C14H16N2O4. The largest absolute Gasteiger partial charge is 0.465 e. The minimum atomic E-state index is -1.09. The van der Waals surface area contributed by atoms with E-state index in [0.29, 0.717) is 12.1 Å². The monoisotopic (exact) mass is 276 g/mol. The molecule has 0 spiro atoms. The number of benzene rings is 1. The van der Waals surface area contributed by atoms with E-state index in [1.54, 1.807) is 24.3 Å². The van der Waals surface area contributed by atoms with E-state index < -0.39 is 6.09 Å². The molecule has 6 nitrogen and oxygen atoms in total. The van der Waals surface area contributed by atoms with Crippen LogP contribution in [0.15, 0.2) is 24.3 Å². The maximum Gasteiger partial charge on any atom is 0.404 e. The van der Waals surface area contributed by atoms with Crippen molar-refractivity contribution in [1.82, 2.24) is 5.32 Å². The number of hydrogen-bond acceptors (Lipinski definition) is 3. The van der Waals surface area contributed by atoms with Crippen LogP contribution < -0.4 is 10.6 Å². The fourth-order valence-corrected chi connectivity index (χ4v) is 1.45. The lowest BCUT2D eigenvalue weighted by atomic mass is 10.2. The van der Waals surface area contributed by atoms with Gasteiger partial charge in [0.15, 0.2) is 0 Å². The third kappa shape index (κ3) is 6.42. The van der Waals surface area contributed by atoms with Crippen molar-refractivity contribution in [2.24, 2.45) is 0 Å². The molecule has 0 saturated heterocycles. The Balaban J connectivity index is 2.36. The summed E-state index contributed by atoms with van der Waals surface area (Å²) in [7, 11) is 0. The van der Waals surface area contributed by atoms with Crippen molar-refractivity contribution in [3.8, 4) is 11.8 Å². The van der Waals surface area contributed by atoms with Gasteiger partial charge in [-0.25, -0.2) is 4.79 Å². The van der Waals surface area contributed by atoms with Gasteiger partial charge in [0.1, 0.15) is 6.61 Å². The van der Waals surface area contributed by atoms with Gasteiger partial charge >= 0.3 is 6.09 Å². The number of aliphatic hydroxyl groups is 1. The number of rotatable bonds is 5. The molecule has 106 valence electrons. The van der Waals surface area contributed by atoms with Crippen molar-refractivity contribution in [3.63, 3.8) is 0 Å². The van der Waals surface area contributed by atoms with Crippen molar-refractivity contribution < 1.29 is 19.8 Å². The highest BCUT2D eigenvalue weighted by molar-refractivity contribution is 5.90. The van der Waals surface area contributed by atoms with E-state index in [1.165, 1.54) is 0 Å². The highest BCUT2D eigenvalue weighted by Crippen LogP contribution is 2.09. The van der Waals surface area contributed by atoms with Gasteiger partial charge in [-0.3, -0.25) is 4.79 Å². The Morgan fingerprint density at radius 3 is 2.50 bits per heavy atom. The summed E-state index contributed by atoms with van der Waals surface area (Å²) in [5.41, 5.74) is 1.40. The van der Waals surface area contributed by atoms with Crippen LogP contribution in [-0.2, 0) is 4.79 Å². The molecule has 6 heteroatoms. The van der Waals surface area contributed by atoms with Crippen molar-refractivity contribution in [3.05, 3.63) is 29.8 Å². The van der Waals surface area contributed by atoms with Crippen LogP contribution >= 0.6 is 0 Å². The molecule has 0 heterocycles. The molecule has 0 bridgehead atoms. The van der Waals surface area contributed by atoms with Gasteiger partial charge < -0.3 is 20.8 Å². The highest BCUT2D eigenvalue weighted by Gasteiger charge is 2.02. The predicted molar refractivity (Wildman–Crippen MR) is 74.3 cm³/mol. The fraction of sp³-hybridized carbons (Fsp3) is 0.286. The van der Waals surface area contributed by atoms with Gasteiger partial charge in [-0.2, -0.15) is 0 Å². The Labute approximate surface area is 116 Å². The average Bonchev–Trinajstić information content (AvgIpc) is 2.43. The quantitative estimate of drug-likeness (QED) is 0.476. The van der Waals surface area contributed by atoms with E-state index in [0.717, 1.165) is 5.56 Å². The SMILES string of the molecule is O=C(O)NCCCC(=O)Nc1ccc(C#CCO)cc1. The fourth-order valence-electron chi connectivity index (χ4n) is 1.45. The van der Waals surface area contributed by atoms with Crippen molar-refractivity contribution >= 4 is 17.7 Å². The van der Waals surface area contributed by atoms with Crippen LogP contribution in [-0.4, -0.2) is 35.4 Å². The molecule has 4 N–H and O–H groups in total. The summed E-state index contributed by atoms with van der Waals surface area (Å²) in [6.45, 7) is 0.0569. The lowest BCUT2D eigenvalue weighted by molar-refractivity contribution is -0.116. The lowest BCUT2D eigenvalue weighted by Gasteiger charge is -2.05. The Morgan fingerprint density at radius 2 is 1.90 bits per heavy atom. The van der Waals surface area contributed by atoms with Gasteiger partial charge in [0, 0.05) is 24.2 Å². The summed E-state index contributed by atoms with van der Waals surface area (Å²) >= 11 is 0. The van der Waals surface area contributed by atoms with Gasteiger partial charge in [0.25, 0.3) is 0 Å². The third-order valence-electron chi connectivity index (χ3n) is 2.34. The molecule has 2 amide bonds. The zero-order valence-corrected chi connectivity index (χ0v) is 10.8. The van der Waals surface area contributed by atoms with E-state index in [9.17, 15) is 9.59 Å². The Kier molecular flexibility index (Phi) is 6.65. The molecule has 0 radical (unpaired) electrons. The molecule has 0 saturated carbocycles. The van der Waals surface area contributed by atoms with Gasteiger partial charge in [-0.15, -0.1) is 0 Å². The van der Waals surface area contributed by atoms with Gasteiger partial charge in [0.05, 0.1) is 0 Å². The number of carbonyl (C=O) groups is 2. The van der Waals surface area contributed by atoms with Gasteiger partial charge in [-0.05, 0) is 30.7 Å². The van der Waals surface area contributed by atoms with Gasteiger partial charge in [0.2, 0.25) is 5.91 Å². The standard InChI is InChI=1S/C14H16N2O4/c17-10-2-3-11-5-7-12(8-6-11)16-13(18)4-1-9-15-14(19)20/h5-8,15,17H,1,4,9-10H2,(H,16,18)(H,19,20). The van der Waals surface area contributed by atoms with E-state index in [-0.39, 0.29) is 25.5 Å². The van der Waals surface area contributed by atoms with Crippen molar-refractivity contribution in [1.29, 1.82) is 0 Å². The maximum absolute atomic E-state index is 11.6. The molecule has 1 aromatic carbocycles. The molecule has 20 heavy (non-hydrogen) atoms. The van der Waals surface area contributed by atoms with Crippen LogP contribution in [0.2, 0.25) is 0 Å². The number of anilines is 1. The molecule has 0 atom stereocenters. The minimum Gasteiger partial charge on any atom is -0.465 e. The Hall–Kier alpha value is -2.52. The van der Waals surface area contributed by atoms with Crippen molar-refractivity contribution in [2.75, 3.05) is 18.5 Å². The first-order chi connectivity index (χ1) is 9.61. The average molecular weight is 276 g/mol. The van der Waals surface area contributed by atoms with E-state index in [4.69, 9.17) is 10.2 Å². The van der Waals surface area contributed by atoms with Crippen molar-refractivity contribution in [2.45, 2.75) is 12.8 Å². The second kappa shape index (κ2) is 8.56. The second-order valence-electron chi connectivity index (χ2n) is 3.92. The van der Waals surface area contributed by atoms with Gasteiger partial charge in [-0.1, -0.05) is 11.8 Å². The summed E-state index contributed by atoms with van der Waals surface area (Å²) in [5.74, 6) is 5.11. The Morgan fingerprint density at radius 1 is 1.20 bits per heavy atom. The normalized spacial score (nSPS) is 9.25. The zero-order chi connectivity index (χ0) is 14.8. The first-order valence-electron chi connectivity index (χ1n) is 6.08. The van der Waals surface area contributed by atoms with Crippen LogP contribution in [0.4, 0.5) is 10.5 Å².